The molecule has 1 aromatic heterocycles. The van der Waals surface area contributed by atoms with Crippen LogP contribution in [0.1, 0.15) is 5.56 Å². The molecule has 0 amide bonds. The van der Waals surface area contributed by atoms with Gasteiger partial charge in [0.2, 0.25) is 5.88 Å². The summed E-state index contributed by atoms with van der Waals surface area (Å²) in [5.41, 5.74) is 0.534. The number of nitrogens with zero attached hydrogens (tertiary/aromatic N) is 1. The van der Waals surface area contributed by atoms with Crippen LogP contribution in [-0.2, 0) is 0 Å². The Morgan fingerprint density at radius 2 is 2.23 bits per heavy atom. The van der Waals surface area contributed by atoms with Crippen LogP contribution in [0.15, 0.2) is 12.3 Å². The van der Waals surface area contributed by atoms with Crippen LogP contribution in [0.5, 0.6) is 5.88 Å². The van der Waals surface area contributed by atoms with Crippen molar-refractivity contribution in [3.05, 3.63) is 23.9 Å². The van der Waals surface area contributed by atoms with Gasteiger partial charge in [0.25, 0.3) is 0 Å². The molecule has 71 valence electrons. The van der Waals surface area contributed by atoms with Gasteiger partial charge in [-0.3, -0.25) is 0 Å². The second kappa shape index (κ2) is 3.64. The van der Waals surface area contributed by atoms with Crippen molar-refractivity contribution in [2.75, 3.05) is 6.61 Å². The lowest BCUT2D eigenvalue weighted by molar-refractivity contribution is -0.154. The van der Waals surface area contributed by atoms with Crippen LogP contribution in [0.2, 0.25) is 0 Å². The fraction of sp³-hybridized carbons (Fsp3) is 0.375. The fourth-order valence-electron chi connectivity index (χ4n) is 0.723. The normalized spacial score (nSPS) is 11.4. The Morgan fingerprint density at radius 3 is 2.77 bits per heavy atom. The van der Waals surface area contributed by atoms with Crippen molar-refractivity contribution in [2.24, 2.45) is 0 Å². The molecule has 0 saturated heterocycles. The zero-order valence-corrected chi connectivity index (χ0v) is 6.85. The first kappa shape index (κ1) is 9.83. The topological polar surface area (TPSA) is 22.1 Å². The van der Waals surface area contributed by atoms with Crippen LogP contribution in [0.4, 0.5) is 13.2 Å². The van der Waals surface area contributed by atoms with Gasteiger partial charge in [-0.15, -0.1) is 0 Å². The zero-order chi connectivity index (χ0) is 9.90. The molecule has 0 aromatic carbocycles. The molecule has 0 aliphatic carbocycles. The standard InChI is InChI=1S/C8H7F3NO/c1-6-3-2-4-12-7(6)13-5-8(9,10)11/h3-4H,5H2,1H3. The molecule has 0 saturated carbocycles. The number of aromatic nitrogens is 1. The first-order valence-electron chi connectivity index (χ1n) is 3.51. The van der Waals surface area contributed by atoms with Gasteiger partial charge in [0.15, 0.2) is 6.61 Å². The van der Waals surface area contributed by atoms with Crippen molar-refractivity contribution in [1.29, 1.82) is 0 Å². The van der Waals surface area contributed by atoms with Gasteiger partial charge in [-0.1, -0.05) is 0 Å². The molecule has 0 atom stereocenters. The number of ether oxygens (including phenoxy) is 1. The highest BCUT2D eigenvalue weighted by Gasteiger charge is 2.28. The second-order valence-electron chi connectivity index (χ2n) is 2.46. The molecule has 2 nitrogen and oxygen atoms in total. The van der Waals surface area contributed by atoms with Crippen molar-refractivity contribution in [2.45, 2.75) is 13.1 Å². The molecule has 5 heteroatoms. The Bertz CT molecular complexity index is 285. The minimum absolute atomic E-state index is 0.00363. The monoisotopic (exact) mass is 190 g/mol. The zero-order valence-electron chi connectivity index (χ0n) is 6.85. The van der Waals surface area contributed by atoms with Crippen LogP contribution in [-0.4, -0.2) is 17.8 Å². The van der Waals surface area contributed by atoms with E-state index >= 15 is 0 Å². The van der Waals surface area contributed by atoms with Crippen LogP contribution in [0, 0.1) is 13.0 Å². The Balaban J connectivity index is 2.60. The summed E-state index contributed by atoms with van der Waals surface area (Å²) in [5.74, 6) is -0.00363. The maximum atomic E-state index is 11.7. The SMILES string of the molecule is Cc1c[c]cnc1OCC(F)(F)F. The molecule has 0 aliphatic heterocycles. The van der Waals surface area contributed by atoms with E-state index in [1.165, 1.54) is 12.3 Å². The highest BCUT2D eigenvalue weighted by molar-refractivity contribution is 5.22. The van der Waals surface area contributed by atoms with Gasteiger partial charge >= 0.3 is 6.18 Å². The molecular formula is C8H7F3NO. The predicted molar refractivity (Wildman–Crippen MR) is 39.4 cm³/mol. The molecule has 1 aromatic rings. The van der Waals surface area contributed by atoms with Crippen LogP contribution in [0.25, 0.3) is 0 Å². The highest BCUT2D eigenvalue weighted by atomic mass is 19.4. The van der Waals surface area contributed by atoms with Crippen molar-refractivity contribution in [3.8, 4) is 5.88 Å². The number of pyridine rings is 1. The Morgan fingerprint density at radius 1 is 1.54 bits per heavy atom. The molecule has 0 bridgehead atoms. The molecule has 1 heterocycles. The molecule has 0 spiro atoms. The minimum Gasteiger partial charge on any atom is -0.468 e. The maximum absolute atomic E-state index is 11.7. The van der Waals surface area contributed by atoms with E-state index in [0.29, 0.717) is 5.56 Å². The van der Waals surface area contributed by atoms with E-state index in [-0.39, 0.29) is 5.88 Å². The van der Waals surface area contributed by atoms with Gasteiger partial charge in [0.1, 0.15) is 0 Å². The van der Waals surface area contributed by atoms with E-state index in [9.17, 15) is 13.2 Å². The smallest absolute Gasteiger partial charge is 0.422 e. The fourth-order valence-corrected chi connectivity index (χ4v) is 0.723. The number of halogens is 3. The minimum atomic E-state index is -4.33. The summed E-state index contributed by atoms with van der Waals surface area (Å²) >= 11 is 0. The van der Waals surface area contributed by atoms with E-state index < -0.39 is 12.8 Å². The quantitative estimate of drug-likeness (QED) is 0.712. The average molecular weight is 190 g/mol. The van der Waals surface area contributed by atoms with Gasteiger partial charge in [0, 0.05) is 17.8 Å². The van der Waals surface area contributed by atoms with E-state index in [0.717, 1.165) is 0 Å². The molecule has 13 heavy (non-hydrogen) atoms. The summed E-state index contributed by atoms with van der Waals surface area (Å²) in [7, 11) is 0. The van der Waals surface area contributed by atoms with Crippen LogP contribution >= 0.6 is 0 Å². The average Bonchev–Trinajstić information content (AvgIpc) is 2.01. The molecule has 0 unspecified atom stereocenters. The summed E-state index contributed by atoms with van der Waals surface area (Å²) in [6.07, 6.45) is -3.06. The molecular weight excluding hydrogens is 183 g/mol. The molecule has 1 rings (SSSR count). The van der Waals surface area contributed by atoms with E-state index in [1.807, 2.05) is 0 Å². The third kappa shape index (κ3) is 3.31. The summed E-state index contributed by atoms with van der Waals surface area (Å²) < 4.78 is 39.6. The predicted octanol–water partition coefficient (Wildman–Crippen LogP) is 2.13. The number of alkyl halides is 3. The van der Waals surface area contributed by atoms with Crippen molar-refractivity contribution in [1.82, 2.24) is 4.98 Å². The number of rotatable bonds is 2. The Labute approximate surface area is 73.4 Å². The van der Waals surface area contributed by atoms with E-state index in [1.54, 1.807) is 6.92 Å². The highest BCUT2D eigenvalue weighted by Crippen LogP contribution is 2.18. The van der Waals surface area contributed by atoms with Crippen molar-refractivity contribution in [3.63, 3.8) is 0 Å². The van der Waals surface area contributed by atoms with Gasteiger partial charge in [-0.05, 0) is 13.0 Å². The largest absolute Gasteiger partial charge is 0.468 e. The summed E-state index contributed by atoms with van der Waals surface area (Å²) in [6, 6.07) is 4.14. The number of hydrogen-bond donors (Lipinski definition) is 0. The summed E-state index contributed by atoms with van der Waals surface area (Å²) in [5, 5.41) is 0. The Kier molecular flexibility index (Phi) is 2.75. The number of aryl methyl sites for hydroxylation is 1. The lowest BCUT2D eigenvalue weighted by Crippen LogP contribution is -2.19. The lowest BCUT2D eigenvalue weighted by Gasteiger charge is -2.09. The van der Waals surface area contributed by atoms with Crippen LogP contribution < -0.4 is 4.74 Å². The molecule has 0 aliphatic rings. The van der Waals surface area contributed by atoms with Gasteiger partial charge in [-0.2, -0.15) is 13.2 Å². The number of hydrogen-bond acceptors (Lipinski definition) is 2. The summed E-state index contributed by atoms with van der Waals surface area (Å²) in [6.45, 7) is 0.292. The molecule has 0 fully saturated rings. The van der Waals surface area contributed by atoms with Crippen molar-refractivity contribution < 1.29 is 17.9 Å². The van der Waals surface area contributed by atoms with E-state index in [2.05, 4.69) is 15.8 Å². The third-order valence-corrected chi connectivity index (χ3v) is 1.27. The van der Waals surface area contributed by atoms with Crippen LogP contribution in [0.3, 0.4) is 0 Å². The second-order valence-corrected chi connectivity index (χ2v) is 2.46. The van der Waals surface area contributed by atoms with Gasteiger partial charge < -0.3 is 4.74 Å². The Hall–Kier alpha value is -1.26. The van der Waals surface area contributed by atoms with E-state index in [4.69, 9.17) is 0 Å². The lowest BCUT2D eigenvalue weighted by atomic mass is 10.3. The van der Waals surface area contributed by atoms with Gasteiger partial charge in [0.05, 0.1) is 0 Å². The molecule has 1 radical (unpaired) electrons. The molecule has 0 N–H and O–H groups in total. The first-order chi connectivity index (χ1) is 5.99. The van der Waals surface area contributed by atoms with Crippen molar-refractivity contribution >= 4 is 0 Å². The maximum Gasteiger partial charge on any atom is 0.422 e. The van der Waals surface area contributed by atoms with Gasteiger partial charge in [-0.25, -0.2) is 4.98 Å². The first-order valence-corrected chi connectivity index (χ1v) is 3.51. The summed E-state index contributed by atoms with van der Waals surface area (Å²) in [4.78, 5) is 3.60. The third-order valence-electron chi connectivity index (χ3n) is 1.27.